The summed E-state index contributed by atoms with van der Waals surface area (Å²) in [6.07, 6.45) is -0.109. The largest absolute Gasteiger partial charge is 0.406 e. The number of alkyl halides is 3. The Balaban J connectivity index is 2.64. The Morgan fingerprint density at radius 1 is 1.37 bits per heavy atom. The summed E-state index contributed by atoms with van der Waals surface area (Å²) >= 11 is 0. The van der Waals surface area contributed by atoms with Crippen molar-refractivity contribution in [2.75, 3.05) is 13.1 Å². The van der Waals surface area contributed by atoms with E-state index in [-0.39, 0.29) is 24.4 Å². The fourth-order valence-electron chi connectivity index (χ4n) is 2.54. The molecule has 2 atom stereocenters. The van der Waals surface area contributed by atoms with Gasteiger partial charge in [-0.2, -0.15) is 13.2 Å². The molecule has 0 spiro atoms. The van der Waals surface area contributed by atoms with Gasteiger partial charge in [0, 0.05) is 18.5 Å². The van der Waals surface area contributed by atoms with E-state index in [4.69, 9.17) is 5.73 Å². The van der Waals surface area contributed by atoms with Gasteiger partial charge in [0.2, 0.25) is 5.91 Å². The molecule has 3 nitrogen and oxygen atoms in total. The second-order valence-electron chi connectivity index (χ2n) is 5.35. The Kier molecular flexibility index (Phi) is 6.10. The second kappa shape index (κ2) is 7.12. The first-order valence-electron chi connectivity index (χ1n) is 6.94. The zero-order valence-electron chi connectivity index (χ0n) is 11.4. The summed E-state index contributed by atoms with van der Waals surface area (Å²) in [5.41, 5.74) is 5.80. The molecule has 2 unspecified atom stereocenters. The van der Waals surface area contributed by atoms with Crippen molar-refractivity contribution in [3.05, 3.63) is 0 Å². The molecule has 0 bridgehead atoms. The molecule has 0 saturated heterocycles. The lowest BCUT2D eigenvalue weighted by atomic mass is 9.85. The molecule has 1 saturated carbocycles. The third-order valence-corrected chi connectivity index (χ3v) is 3.53. The number of carbonyl (C=O) groups is 1. The van der Waals surface area contributed by atoms with Crippen molar-refractivity contribution in [3.63, 3.8) is 0 Å². The average Bonchev–Trinajstić information content (AvgIpc) is 2.32. The molecule has 1 rings (SSSR count). The monoisotopic (exact) mass is 280 g/mol. The van der Waals surface area contributed by atoms with E-state index in [9.17, 15) is 18.0 Å². The zero-order valence-corrected chi connectivity index (χ0v) is 11.4. The van der Waals surface area contributed by atoms with Crippen LogP contribution in [-0.4, -0.2) is 36.1 Å². The number of amides is 1. The summed E-state index contributed by atoms with van der Waals surface area (Å²) in [6, 6.07) is -0.0541. The molecule has 0 aromatic carbocycles. The van der Waals surface area contributed by atoms with E-state index in [1.54, 1.807) is 0 Å². The van der Waals surface area contributed by atoms with Crippen molar-refractivity contribution in [1.29, 1.82) is 0 Å². The van der Waals surface area contributed by atoms with Crippen LogP contribution in [0.3, 0.4) is 0 Å². The van der Waals surface area contributed by atoms with E-state index in [2.05, 4.69) is 0 Å². The highest BCUT2D eigenvalue weighted by atomic mass is 19.4. The molecule has 0 aromatic rings. The van der Waals surface area contributed by atoms with Gasteiger partial charge in [-0.05, 0) is 25.7 Å². The summed E-state index contributed by atoms with van der Waals surface area (Å²) < 4.78 is 37.6. The molecular weight excluding hydrogens is 257 g/mol. The SMILES string of the molecule is CCCCN(CC(F)(F)F)C(=O)C1CCCC(N)C1. The van der Waals surface area contributed by atoms with Gasteiger partial charge in [-0.1, -0.05) is 19.8 Å². The Morgan fingerprint density at radius 3 is 2.58 bits per heavy atom. The average molecular weight is 280 g/mol. The molecule has 2 N–H and O–H groups in total. The minimum atomic E-state index is -4.33. The lowest BCUT2D eigenvalue weighted by Crippen LogP contribution is -2.45. The zero-order chi connectivity index (χ0) is 14.5. The van der Waals surface area contributed by atoms with Crippen LogP contribution in [0, 0.1) is 5.92 Å². The Bertz CT molecular complexity index is 294. The van der Waals surface area contributed by atoms with E-state index in [0.29, 0.717) is 19.3 Å². The van der Waals surface area contributed by atoms with Crippen molar-refractivity contribution in [2.45, 2.75) is 57.7 Å². The fourth-order valence-corrected chi connectivity index (χ4v) is 2.54. The smallest absolute Gasteiger partial charge is 0.333 e. The third-order valence-electron chi connectivity index (χ3n) is 3.53. The number of halogens is 3. The number of hydrogen-bond acceptors (Lipinski definition) is 2. The summed E-state index contributed by atoms with van der Waals surface area (Å²) in [7, 11) is 0. The van der Waals surface area contributed by atoms with Crippen molar-refractivity contribution >= 4 is 5.91 Å². The first kappa shape index (κ1) is 16.3. The van der Waals surface area contributed by atoms with Gasteiger partial charge >= 0.3 is 6.18 Å². The maximum atomic E-state index is 12.5. The van der Waals surface area contributed by atoms with Gasteiger partial charge in [0.25, 0.3) is 0 Å². The van der Waals surface area contributed by atoms with Crippen LogP contribution in [0.5, 0.6) is 0 Å². The quantitative estimate of drug-likeness (QED) is 0.841. The lowest BCUT2D eigenvalue weighted by molar-refractivity contribution is -0.164. The van der Waals surface area contributed by atoms with E-state index in [1.165, 1.54) is 0 Å². The lowest BCUT2D eigenvalue weighted by Gasteiger charge is -2.32. The Hall–Kier alpha value is -0.780. The van der Waals surface area contributed by atoms with Gasteiger partial charge in [0.1, 0.15) is 6.54 Å². The first-order valence-corrected chi connectivity index (χ1v) is 6.94. The number of rotatable bonds is 5. The van der Waals surface area contributed by atoms with Crippen LogP contribution in [0.1, 0.15) is 45.4 Å². The maximum Gasteiger partial charge on any atom is 0.406 e. The molecule has 0 heterocycles. The highest BCUT2D eigenvalue weighted by molar-refractivity contribution is 5.79. The van der Waals surface area contributed by atoms with E-state index < -0.39 is 12.7 Å². The molecule has 112 valence electrons. The minimum absolute atomic E-state index is 0.0541. The van der Waals surface area contributed by atoms with Crippen LogP contribution >= 0.6 is 0 Å². The predicted octanol–water partition coefficient (Wildman–Crippen LogP) is 2.69. The molecule has 19 heavy (non-hydrogen) atoms. The molecular formula is C13H23F3N2O. The molecule has 0 aliphatic heterocycles. The van der Waals surface area contributed by atoms with Crippen molar-refractivity contribution in [2.24, 2.45) is 11.7 Å². The highest BCUT2D eigenvalue weighted by Gasteiger charge is 2.36. The van der Waals surface area contributed by atoms with Gasteiger partial charge in [0.05, 0.1) is 0 Å². The van der Waals surface area contributed by atoms with Crippen molar-refractivity contribution in [1.82, 2.24) is 4.90 Å². The van der Waals surface area contributed by atoms with Crippen molar-refractivity contribution in [3.8, 4) is 0 Å². The van der Waals surface area contributed by atoms with Crippen LogP contribution < -0.4 is 5.73 Å². The summed E-state index contributed by atoms with van der Waals surface area (Å²) in [6.45, 7) is 0.935. The fraction of sp³-hybridized carbons (Fsp3) is 0.923. The molecule has 1 aliphatic rings. The number of hydrogen-bond donors (Lipinski definition) is 1. The summed E-state index contributed by atoms with van der Waals surface area (Å²) in [4.78, 5) is 13.2. The van der Waals surface area contributed by atoms with E-state index >= 15 is 0 Å². The highest BCUT2D eigenvalue weighted by Crippen LogP contribution is 2.26. The number of nitrogens with two attached hydrogens (primary N) is 1. The van der Waals surface area contributed by atoms with E-state index in [1.807, 2.05) is 6.92 Å². The first-order chi connectivity index (χ1) is 8.83. The molecule has 1 amide bonds. The van der Waals surface area contributed by atoms with Gasteiger partial charge in [-0.15, -0.1) is 0 Å². The maximum absolute atomic E-state index is 12.5. The van der Waals surface area contributed by atoms with Crippen LogP contribution in [0.4, 0.5) is 13.2 Å². The molecule has 0 radical (unpaired) electrons. The van der Waals surface area contributed by atoms with Gasteiger partial charge in [0.15, 0.2) is 0 Å². The van der Waals surface area contributed by atoms with Crippen LogP contribution in [-0.2, 0) is 4.79 Å². The standard InChI is InChI=1S/C13H23F3N2O/c1-2-3-7-18(9-13(14,15)16)12(19)10-5-4-6-11(17)8-10/h10-11H,2-9,17H2,1H3. The predicted molar refractivity (Wildman–Crippen MR) is 67.5 cm³/mol. The summed E-state index contributed by atoms with van der Waals surface area (Å²) in [5.74, 6) is -0.705. The molecule has 1 aliphatic carbocycles. The van der Waals surface area contributed by atoms with Gasteiger partial charge < -0.3 is 10.6 Å². The summed E-state index contributed by atoms with van der Waals surface area (Å²) in [5, 5.41) is 0. The van der Waals surface area contributed by atoms with Crippen LogP contribution in [0.25, 0.3) is 0 Å². The van der Waals surface area contributed by atoms with E-state index in [0.717, 1.165) is 24.2 Å². The Morgan fingerprint density at radius 2 is 2.05 bits per heavy atom. The normalized spacial score (nSPS) is 24.3. The molecule has 0 aromatic heterocycles. The third kappa shape index (κ3) is 5.80. The number of carbonyl (C=O) groups excluding carboxylic acids is 1. The second-order valence-corrected chi connectivity index (χ2v) is 5.35. The van der Waals surface area contributed by atoms with Crippen LogP contribution in [0.2, 0.25) is 0 Å². The topological polar surface area (TPSA) is 46.3 Å². The molecule has 6 heteroatoms. The Labute approximate surface area is 112 Å². The molecule has 1 fully saturated rings. The van der Waals surface area contributed by atoms with Gasteiger partial charge in [-0.3, -0.25) is 4.79 Å². The minimum Gasteiger partial charge on any atom is -0.333 e. The number of unbranched alkanes of at least 4 members (excludes halogenated alkanes) is 1. The van der Waals surface area contributed by atoms with Crippen molar-refractivity contribution < 1.29 is 18.0 Å². The van der Waals surface area contributed by atoms with Gasteiger partial charge in [-0.25, -0.2) is 0 Å². The number of nitrogens with zero attached hydrogens (tertiary/aromatic N) is 1. The van der Waals surface area contributed by atoms with Crippen LogP contribution in [0.15, 0.2) is 0 Å².